The van der Waals surface area contributed by atoms with Gasteiger partial charge in [0.1, 0.15) is 11.5 Å². The number of aromatic hydroxyl groups is 2. The Bertz CT molecular complexity index is 318. The Balaban J connectivity index is 3.24. The van der Waals surface area contributed by atoms with Crippen molar-refractivity contribution in [3.8, 4) is 11.5 Å². The van der Waals surface area contributed by atoms with Crippen LogP contribution < -0.4 is 0 Å². The third-order valence-electron chi connectivity index (χ3n) is 2.16. The number of aryl methyl sites for hydroxylation is 1. The predicted molar refractivity (Wildman–Crippen MR) is 50.0 cm³/mol. The van der Waals surface area contributed by atoms with Gasteiger partial charge >= 0.3 is 0 Å². The zero-order valence-corrected chi connectivity index (χ0v) is 7.83. The van der Waals surface area contributed by atoms with E-state index in [0.29, 0.717) is 17.5 Å². The van der Waals surface area contributed by atoms with E-state index in [-0.39, 0.29) is 18.1 Å². The Morgan fingerprint density at radius 1 is 1.15 bits per heavy atom. The van der Waals surface area contributed by atoms with Gasteiger partial charge in [0, 0.05) is 12.2 Å². The van der Waals surface area contributed by atoms with E-state index < -0.39 is 0 Å². The van der Waals surface area contributed by atoms with E-state index in [9.17, 15) is 10.2 Å². The first-order valence-corrected chi connectivity index (χ1v) is 4.19. The SMILES string of the molecule is Cc1cc(CCO)c(O)c(C)c1O. The van der Waals surface area contributed by atoms with E-state index in [1.165, 1.54) is 0 Å². The smallest absolute Gasteiger partial charge is 0.125 e. The van der Waals surface area contributed by atoms with Gasteiger partial charge in [0.2, 0.25) is 0 Å². The van der Waals surface area contributed by atoms with E-state index in [1.54, 1.807) is 19.9 Å². The van der Waals surface area contributed by atoms with E-state index in [1.807, 2.05) is 0 Å². The van der Waals surface area contributed by atoms with E-state index in [4.69, 9.17) is 5.11 Å². The number of aliphatic hydroxyl groups excluding tert-OH is 1. The fourth-order valence-corrected chi connectivity index (χ4v) is 1.36. The molecule has 0 spiro atoms. The van der Waals surface area contributed by atoms with Gasteiger partial charge in [-0.05, 0) is 37.5 Å². The van der Waals surface area contributed by atoms with Gasteiger partial charge < -0.3 is 15.3 Å². The van der Waals surface area contributed by atoms with Gasteiger partial charge in [0.25, 0.3) is 0 Å². The summed E-state index contributed by atoms with van der Waals surface area (Å²) in [6.45, 7) is 3.42. The molecule has 0 atom stereocenters. The lowest BCUT2D eigenvalue weighted by atomic mass is 10.0. The van der Waals surface area contributed by atoms with Crippen LogP contribution in [-0.4, -0.2) is 21.9 Å². The quantitative estimate of drug-likeness (QED) is 0.645. The Morgan fingerprint density at radius 2 is 1.77 bits per heavy atom. The lowest BCUT2D eigenvalue weighted by Gasteiger charge is -2.10. The Kier molecular flexibility index (Phi) is 2.78. The van der Waals surface area contributed by atoms with Crippen LogP contribution in [0.3, 0.4) is 0 Å². The second kappa shape index (κ2) is 3.66. The van der Waals surface area contributed by atoms with E-state index in [0.717, 1.165) is 5.56 Å². The third kappa shape index (κ3) is 1.75. The molecule has 13 heavy (non-hydrogen) atoms. The molecule has 0 saturated heterocycles. The molecule has 3 nitrogen and oxygen atoms in total. The molecule has 1 aromatic carbocycles. The number of hydrogen-bond acceptors (Lipinski definition) is 3. The van der Waals surface area contributed by atoms with Crippen LogP contribution in [0.5, 0.6) is 11.5 Å². The molecule has 0 bridgehead atoms. The standard InChI is InChI=1S/C10H14O3/c1-6-5-8(3-4-11)10(13)7(2)9(6)12/h5,11-13H,3-4H2,1-2H3. The Labute approximate surface area is 77.3 Å². The first-order chi connectivity index (χ1) is 6.07. The monoisotopic (exact) mass is 182 g/mol. The first kappa shape index (κ1) is 9.86. The van der Waals surface area contributed by atoms with Gasteiger partial charge in [-0.2, -0.15) is 0 Å². The summed E-state index contributed by atoms with van der Waals surface area (Å²) in [6.07, 6.45) is 0.411. The highest BCUT2D eigenvalue weighted by Crippen LogP contribution is 2.32. The molecule has 3 heteroatoms. The van der Waals surface area contributed by atoms with Crippen molar-refractivity contribution in [2.45, 2.75) is 20.3 Å². The molecule has 0 amide bonds. The molecule has 3 N–H and O–H groups in total. The second-order valence-electron chi connectivity index (χ2n) is 3.15. The van der Waals surface area contributed by atoms with Gasteiger partial charge in [-0.1, -0.05) is 0 Å². The molecular formula is C10H14O3. The molecule has 0 fully saturated rings. The highest BCUT2D eigenvalue weighted by Gasteiger charge is 2.10. The second-order valence-corrected chi connectivity index (χ2v) is 3.15. The maximum Gasteiger partial charge on any atom is 0.125 e. The zero-order chi connectivity index (χ0) is 10.0. The van der Waals surface area contributed by atoms with Crippen LogP contribution in [0.4, 0.5) is 0 Å². The van der Waals surface area contributed by atoms with Crippen LogP contribution >= 0.6 is 0 Å². The maximum absolute atomic E-state index is 9.56. The van der Waals surface area contributed by atoms with Crippen molar-refractivity contribution in [2.75, 3.05) is 6.61 Å². The molecule has 0 unspecified atom stereocenters. The minimum Gasteiger partial charge on any atom is -0.507 e. The highest BCUT2D eigenvalue weighted by molar-refractivity contribution is 5.52. The fourth-order valence-electron chi connectivity index (χ4n) is 1.36. The summed E-state index contributed by atoms with van der Waals surface area (Å²) in [4.78, 5) is 0. The highest BCUT2D eigenvalue weighted by atomic mass is 16.3. The maximum atomic E-state index is 9.56. The van der Waals surface area contributed by atoms with Crippen molar-refractivity contribution in [3.05, 3.63) is 22.8 Å². The molecule has 1 rings (SSSR count). The summed E-state index contributed by atoms with van der Waals surface area (Å²) < 4.78 is 0. The molecule has 0 aliphatic heterocycles. The predicted octanol–water partition coefficient (Wildman–Crippen LogP) is 1.25. The molecule has 0 saturated carbocycles. The minimum absolute atomic E-state index is 0.00276. The molecule has 0 aliphatic rings. The van der Waals surface area contributed by atoms with Crippen molar-refractivity contribution >= 4 is 0 Å². The van der Waals surface area contributed by atoms with Crippen LogP contribution in [0.2, 0.25) is 0 Å². The van der Waals surface area contributed by atoms with Gasteiger partial charge in [-0.25, -0.2) is 0 Å². The molecular weight excluding hydrogens is 168 g/mol. The molecule has 72 valence electrons. The van der Waals surface area contributed by atoms with Crippen molar-refractivity contribution in [2.24, 2.45) is 0 Å². The van der Waals surface area contributed by atoms with Crippen LogP contribution in [-0.2, 0) is 6.42 Å². The van der Waals surface area contributed by atoms with Crippen LogP contribution in [0.25, 0.3) is 0 Å². The lowest BCUT2D eigenvalue weighted by Crippen LogP contribution is -1.94. The summed E-state index contributed by atoms with van der Waals surface area (Å²) in [5.74, 6) is 0.205. The summed E-state index contributed by atoms with van der Waals surface area (Å²) in [5.41, 5.74) is 1.87. The number of phenols is 2. The average molecular weight is 182 g/mol. The first-order valence-electron chi connectivity index (χ1n) is 4.19. The number of hydrogen-bond donors (Lipinski definition) is 3. The van der Waals surface area contributed by atoms with Crippen LogP contribution in [0.1, 0.15) is 16.7 Å². The summed E-state index contributed by atoms with van der Waals surface area (Å²) in [6, 6.07) is 1.69. The number of phenolic OH excluding ortho intramolecular Hbond substituents is 2. The molecule has 0 radical (unpaired) electrons. The average Bonchev–Trinajstić information content (AvgIpc) is 2.11. The van der Waals surface area contributed by atoms with E-state index >= 15 is 0 Å². The van der Waals surface area contributed by atoms with Crippen molar-refractivity contribution < 1.29 is 15.3 Å². The normalized spacial score (nSPS) is 10.4. The summed E-state index contributed by atoms with van der Waals surface area (Å²) in [5, 5.41) is 27.7. The molecule has 0 aromatic heterocycles. The molecule has 1 aromatic rings. The Morgan fingerprint density at radius 3 is 2.31 bits per heavy atom. The van der Waals surface area contributed by atoms with Crippen molar-refractivity contribution in [3.63, 3.8) is 0 Å². The summed E-state index contributed by atoms with van der Waals surface area (Å²) in [7, 11) is 0. The van der Waals surface area contributed by atoms with Gasteiger partial charge in [-0.3, -0.25) is 0 Å². The third-order valence-corrected chi connectivity index (χ3v) is 2.16. The number of rotatable bonds is 2. The Hall–Kier alpha value is -1.22. The summed E-state index contributed by atoms with van der Waals surface area (Å²) >= 11 is 0. The van der Waals surface area contributed by atoms with Crippen LogP contribution in [0, 0.1) is 13.8 Å². The van der Waals surface area contributed by atoms with Gasteiger partial charge in [0.15, 0.2) is 0 Å². The van der Waals surface area contributed by atoms with Gasteiger partial charge in [-0.15, -0.1) is 0 Å². The number of aliphatic hydroxyl groups is 1. The van der Waals surface area contributed by atoms with Gasteiger partial charge in [0.05, 0.1) is 0 Å². The largest absolute Gasteiger partial charge is 0.507 e. The fraction of sp³-hybridized carbons (Fsp3) is 0.400. The molecule has 0 aliphatic carbocycles. The topological polar surface area (TPSA) is 60.7 Å². The minimum atomic E-state index is -0.00276. The molecule has 0 heterocycles. The van der Waals surface area contributed by atoms with Crippen molar-refractivity contribution in [1.82, 2.24) is 0 Å². The zero-order valence-electron chi connectivity index (χ0n) is 7.83. The number of benzene rings is 1. The van der Waals surface area contributed by atoms with E-state index in [2.05, 4.69) is 0 Å². The lowest BCUT2D eigenvalue weighted by molar-refractivity contribution is 0.297. The van der Waals surface area contributed by atoms with Crippen molar-refractivity contribution in [1.29, 1.82) is 0 Å². The van der Waals surface area contributed by atoms with Crippen LogP contribution in [0.15, 0.2) is 6.07 Å².